The number of rotatable bonds is 3. The Labute approximate surface area is 147 Å². The van der Waals surface area contributed by atoms with Crippen LogP contribution in [0.2, 0.25) is 0 Å². The standard InChI is InChI=1S/C18H14FN5O2/c1-23-15-6-4-12(8-16(15)24(2)18(23)26)10-21-22-17(25)13-5-3-11(9-20)7-14(13)19/h3-8,10H,1-2H3,(H,22,25). The molecule has 3 rings (SSSR count). The van der Waals surface area contributed by atoms with Crippen molar-refractivity contribution in [3.05, 3.63) is 69.4 Å². The van der Waals surface area contributed by atoms with Crippen molar-refractivity contribution < 1.29 is 9.18 Å². The van der Waals surface area contributed by atoms with Gasteiger partial charge in [-0.3, -0.25) is 13.9 Å². The molecule has 1 heterocycles. The molecule has 1 aromatic heterocycles. The van der Waals surface area contributed by atoms with Crippen LogP contribution in [-0.4, -0.2) is 21.3 Å². The number of amides is 1. The zero-order chi connectivity index (χ0) is 18.8. The van der Waals surface area contributed by atoms with E-state index in [2.05, 4.69) is 10.5 Å². The maximum Gasteiger partial charge on any atom is 0.328 e. The minimum atomic E-state index is -0.794. The summed E-state index contributed by atoms with van der Waals surface area (Å²) >= 11 is 0. The molecule has 1 N–H and O–H groups in total. The molecule has 2 aromatic carbocycles. The van der Waals surface area contributed by atoms with Gasteiger partial charge in [0.25, 0.3) is 5.91 Å². The predicted octanol–water partition coefficient (Wildman–Crippen LogP) is 1.65. The summed E-state index contributed by atoms with van der Waals surface area (Å²) in [6.45, 7) is 0. The maximum atomic E-state index is 13.8. The zero-order valence-electron chi connectivity index (χ0n) is 14.0. The molecule has 0 aliphatic heterocycles. The van der Waals surface area contributed by atoms with Gasteiger partial charge >= 0.3 is 5.69 Å². The van der Waals surface area contributed by atoms with Crippen LogP contribution < -0.4 is 11.1 Å². The first-order valence-electron chi connectivity index (χ1n) is 7.61. The van der Waals surface area contributed by atoms with E-state index in [1.807, 2.05) is 0 Å². The summed E-state index contributed by atoms with van der Waals surface area (Å²) in [7, 11) is 3.35. The highest BCUT2D eigenvalue weighted by Crippen LogP contribution is 2.13. The number of carbonyl (C=O) groups is 1. The van der Waals surface area contributed by atoms with Gasteiger partial charge < -0.3 is 0 Å². The summed E-state index contributed by atoms with van der Waals surface area (Å²) in [6.07, 6.45) is 1.40. The van der Waals surface area contributed by atoms with Crippen molar-refractivity contribution >= 4 is 23.2 Å². The Hall–Kier alpha value is -3.73. The van der Waals surface area contributed by atoms with E-state index in [1.54, 1.807) is 38.4 Å². The van der Waals surface area contributed by atoms with Gasteiger partial charge in [0.1, 0.15) is 5.82 Å². The number of imidazole rings is 1. The molecule has 0 saturated carbocycles. The number of carbonyl (C=O) groups excluding carboxylic acids is 1. The second-order valence-electron chi connectivity index (χ2n) is 5.65. The van der Waals surface area contributed by atoms with Gasteiger partial charge in [-0.25, -0.2) is 14.6 Å². The number of benzene rings is 2. The Bertz CT molecular complexity index is 1150. The van der Waals surface area contributed by atoms with Gasteiger partial charge in [0.2, 0.25) is 0 Å². The van der Waals surface area contributed by atoms with Crippen LogP contribution in [0.15, 0.2) is 46.3 Å². The number of hydrogen-bond donors (Lipinski definition) is 1. The molecule has 1 amide bonds. The van der Waals surface area contributed by atoms with E-state index >= 15 is 0 Å². The maximum absolute atomic E-state index is 13.8. The highest BCUT2D eigenvalue weighted by Gasteiger charge is 2.11. The van der Waals surface area contributed by atoms with Crippen LogP contribution in [0.1, 0.15) is 21.5 Å². The summed E-state index contributed by atoms with van der Waals surface area (Å²) in [5.74, 6) is -1.52. The lowest BCUT2D eigenvalue weighted by Crippen LogP contribution is -2.19. The molecule has 0 aliphatic rings. The van der Waals surface area contributed by atoms with Crippen molar-refractivity contribution in [2.24, 2.45) is 19.2 Å². The molecule has 0 bridgehead atoms. The quantitative estimate of drug-likeness (QED) is 0.574. The number of fused-ring (bicyclic) bond motifs is 1. The van der Waals surface area contributed by atoms with E-state index in [0.29, 0.717) is 5.56 Å². The molecule has 130 valence electrons. The molecule has 0 radical (unpaired) electrons. The molecule has 0 saturated heterocycles. The Morgan fingerprint density at radius 2 is 1.92 bits per heavy atom. The van der Waals surface area contributed by atoms with Crippen LogP contribution in [-0.2, 0) is 14.1 Å². The van der Waals surface area contributed by atoms with Crippen LogP contribution in [0, 0.1) is 17.1 Å². The van der Waals surface area contributed by atoms with Crippen molar-refractivity contribution in [3.8, 4) is 6.07 Å². The molecule has 0 spiro atoms. The number of halogens is 1. The zero-order valence-corrected chi connectivity index (χ0v) is 14.0. The minimum absolute atomic E-state index is 0.129. The molecule has 0 aliphatic carbocycles. The lowest BCUT2D eigenvalue weighted by Gasteiger charge is -2.02. The smallest absolute Gasteiger partial charge is 0.295 e. The van der Waals surface area contributed by atoms with Crippen LogP contribution in [0.3, 0.4) is 0 Å². The Kier molecular flexibility index (Phi) is 4.37. The van der Waals surface area contributed by atoms with Crippen molar-refractivity contribution in [1.82, 2.24) is 14.6 Å². The van der Waals surface area contributed by atoms with E-state index in [9.17, 15) is 14.0 Å². The van der Waals surface area contributed by atoms with Crippen LogP contribution in [0.5, 0.6) is 0 Å². The van der Waals surface area contributed by atoms with Crippen molar-refractivity contribution in [2.45, 2.75) is 0 Å². The summed E-state index contributed by atoms with van der Waals surface area (Å²) in [5.41, 5.74) is 4.19. The topological polar surface area (TPSA) is 92.2 Å². The number of hydrogen-bond acceptors (Lipinski definition) is 4. The Morgan fingerprint density at radius 3 is 2.62 bits per heavy atom. The third-order valence-electron chi connectivity index (χ3n) is 4.02. The third-order valence-corrected chi connectivity index (χ3v) is 4.02. The molecule has 7 nitrogen and oxygen atoms in total. The van der Waals surface area contributed by atoms with Gasteiger partial charge in [0, 0.05) is 14.1 Å². The molecule has 0 atom stereocenters. The van der Waals surface area contributed by atoms with Crippen LogP contribution in [0.25, 0.3) is 11.0 Å². The second kappa shape index (κ2) is 6.64. The predicted molar refractivity (Wildman–Crippen MR) is 94.3 cm³/mol. The van der Waals surface area contributed by atoms with Gasteiger partial charge in [0.15, 0.2) is 0 Å². The fourth-order valence-corrected chi connectivity index (χ4v) is 2.60. The first-order chi connectivity index (χ1) is 12.4. The second-order valence-corrected chi connectivity index (χ2v) is 5.65. The average molecular weight is 351 g/mol. The molecular formula is C18H14FN5O2. The largest absolute Gasteiger partial charge is 0.328 e. The molecule has 3 aromatic rings. The first-order valence-corrected chi connectivity index (χ1v) is 7.61. The van der Waals surface area contributed by atoms with Crippen molar-refractivity contribution in [3.63, 3.8) is 0 Å². The Morgan fingerprint density at radius 1 is 1.19 bits per heavy atom. The fourth-order valence-electron chi connectivity index (χ4n) is 2.60. The summed E-state index contributed by atoms with van der Waals surface area (Å²) in [6, 6.07) is 10.7. The summed E-state index contributed by atoms with van der Waals surface area (Å²) in [5, 5.41) is 12.5. The number of nitriles is 1. The average Bonchev–Trinajstić information content (AvgIpc) is 2.85. The van der Waals surface area contributed by atoms with Crippen LogP contribution >= 0.6 is 0 Å². The number of aryl methyl sites for hydroxylation is 2. The highest BCUT2D eigenvalue weighted by molar-refractivity contribution is 5.95. The first kappa shape index (κ1) is 17.1. The molecule has 0 fully saturated rings. The number of aromatic nitrogens is 2. The van der Waals surface area contributed by atoms with Gasteiger partial charge in [-0.05, 0) is 35.9 Å². The van der Waals surface area contributed by atoms with E-state index in [1.165, 1.54) is 27.5 Å². The van der Waals surface area contributed by atoms with E-state index in [0.717, 1.165) is 17.1 Å². The summed E-state index contributed by atoms with van der Waals surface area (Å²) < 4.78 is 16.8. The minimum Gasteiger partial charge on any atom is -0.295 e. The van der Waals surface area contributed by atoms with Crippen LogP contribution in [0.4, 0.5) is 4.39 Å². The number of nitrogens with zero attached hydrogens (tertiary/aromatic N) is 4. The van der Waals surface area contributed by atoms with Crippen molar-refractivity contribution in [2.75, 3.05) is 0 Å². The molecule has 0 unspecified atom stereocenters. The van der Waals surface area contributed by atoms with Gasteiger partial charge in [0.05, 0.1) is 34.4 Å². The number of hydrazone groups is 1. The van der Waals surface area contributed by atoms with Gasteiger partial charge in [-0.1, -0.05) is 6.07 Å². The molecule has 26 heavy (non-hydrogen) atoms. The van der Waals surface area contributed by atoms with E-state index in [4.69, 9.17) is 5.26 Å². The Balaban J connectivity index is 1.79. The SMILES string of the molecule is Cn1c(=O)n(C)c2cc(C=NNC(=O)c3ccc(C#N)cc3F)ccc21. The fraction of sp³-hybridized carbons (Fsp3) is 0.111. The lowest BCUT2D eigenvalue weighted by molar-refractivity contribution is 0.0951. The van der Waals surface area contributed by atoms with Gasteiger partial charge in [-0.15, -0.1) is 0 Å². The normalized spacial score (nSPS) is 11.0. The lowest BCUT2D eigenvalue weighted by atomic mass is 10.1. The van der Waals surface area contributed by atoms with Gasteiger partial charge in [-0.2, -0.15) is 10.4 Å². The van der Waals surface area contributed by atoms with Crippen molar-refractivity contribution in [1.29, 1.82) is 5.26 Å². The van der Waals surface area contributed by atoms with E-state index < -0.39 is 11.7 Å². The molecule has 8 heteroatoms. The summed E-state index contributed by atoms with van der Waals surface area (Å²) in [4.78, 5) is 23.9. The number of nitrogens with one attached hydrogen (secondary N) is 1. The monoisotopic (exact) mass is 351 g/mol. The van der Waals surface area contributed by atoms with E-state index in [-0.39, 0.29) is 16.8 Å². The third kappa shape index (κ3) is 2.98. The highest BCUT2D eigenvalue weighted by atomic mass is 19.1. The molecular weight excluding hydrogens is 337 g/mol.